The van der Waals surface area contributed by atoms with E-state index in [1.807, 2.05) is 41.5 Å². The van der Waals surface area contributed by atoms with Crippen LogP contribution in [-0.4, -0.2) is 163 Å². The van der Waals surface area contributed by atoms with Gasteiger partial charge in [0.25, 0.3) is 11.8 Å². The van der Waals surface area contributed by atoms with Crippen LogP contribution in [0.3, 0.4) is 0 Å². The van der Waals surface area contributed by atoms with Crippen molar-refractivity contribution in [2.24, 2.45) is 23.7 Å². The Bertz CT molecular complexity index is 1920. The van der Waals surface area contributed by atoms with Crippen LogP contribution >= 0.6 is 0 Å². The second kappa shape index (κ2) is 27.0. The first-order chi connectivity index (χ1) is 32.1. The second-order valence-electron chi connectivity index (χ2n) is 18.9. The topological polar surface area (TPSA) is 222 Å². The molecule has 1 aromatic rings. The number of likely N-dealkylation sites (N-methyl/N-ethyl adjacent to an activating group) is 2. The fraction of sp³-hybridized carbons (Fsp3) is 0.680. The zero-order valence-electron chi connectivity index (χ0n) is 42.3. The number of nitrogens with one attached hydrogen (secondary N) is 2. The Labute approximate surface area is 402 Å². The zero-order valence-corrected chi connectivity index (χ0v) is 42.3. The molecule has 2 aliphatic heterocycles. The summed E-state index contributed by atoms with van der Waals surface area (Å²) in [7, 11) is 7.68. The summed E-state index contributed by atoms with van der Waals surface area (Å²) in [6.07, 6.45) is 4.50. The number of rotatable bonds is 28. The predicted molar refractivity (Wildman–Crippen MR) is 255 cm³/mol. The van der Waals surface area contributed by atoms with Gasteiger partial charge in [-0.1, -0.05) is 79.5 Å². The number of carbonyl (C=O) groups is 8. The molecule has 1 unspecified atom stereocenters. The molecule has 0 bridgehead atoms. The molecule has 0 saturated carbocycles. The smallest absolute Gasteiger partial charge is 0.326 e. The van der Waals surface area contributed by atoms with Gasteiger partial charge < -0.3 is 44.7 Å². The van der Waals surface area contributed by atoms with E-state index >= 15 is 0 Å². The number of hydrogen-bond acceptors (Lipinski definition) is 11. The van der Waals surface area contributed by atoms with E-state index in [1.165, 1.54) is 43.3 Å². The highest BCUT2D eigenvalue weighted by Gasteiger charge is 2.44. The lowest BCUT2D eigenvalue weighted by atomic mass is 9.89. The third-order valence-corrected chi connectivity index (χ3v) is 13.6. The number of likely N-dealkylation sites (tertiary alicyclic amines) is 1. The molecule has 2 aliphatic rings. The molecule has 1 fully saturated rings. The Balaban J connectivity index is 1.72. The number of benzene rings is 1. The molecule has 18 nitrogen and oxygen atoms in total. The SMILES string of the molecule is CC[C@H](C)C([C@@H](CC(=O)N1CCC[C@H]1[C@H](OC)[C@@H](C)C(=O)N[C@@H](Cc1ccccc1OC)C(=O)O)OC)N(C)C(=O)[C@@H](NC(=O)[C@H](C(C)C)N(C)C(=O)CCCCCN1C(=O)C=CC1=O)C(C)C. The minimum Gasteiger partial charge on any atom is -0.496 e. The van der Waals surface area contributed by atoms with Crippen LogP contribution in [0, 0.1) is 23.7 Å². The first-order valence-electron chi connectivity index (χ1n) is 24.0. The molecule has 0 aromatic heterocycles. The summed E-state index contributed by atoms with van der Waals surface area (Å²) >= 11 is 0. The standard InChI is InChI=1S/C50H78N6O12/c1-13-32(6)45(54(9)49(63)43(30(2)3)52-48(62)44(31(4)5)53(8)39(57)23-15-14-18-26-56-40(58)24-25-41(56)59)38(67-11)29-42(60)55-27-19-21-36(55)46(68-12)33(7)47(61)51-35(50(64)65)28-34-20-16-17-22-37(34)66-10/h16-17,20,22,24-25,30-33,35-36,38,43-46H,13-15,18-19,21,23,26-29H2,1-12H3,(H,51,61)(H,52,62)(H,64,65)/t32-,33+,35-,36-,38+,43-,44-,45?,46+/m0/s1. The van der Waals surface area contributed by atoms with Gasteiger partial charge in [0.05, 0.1) is 43.7 Å². The van der Waals surface area contributed by atoms with Crippen molar-refractivity contribution in [3.8, 4) is 5.75 Å². The van der Waals surface area contributed by atoms with Crippen molar-refractivity contribution in [2.75, 3.05) is 48.5 Å². The maximum Gasteiger partial charge on any atom is 0.326 e. The van der Waals surface area contributed by atoms with Gasteiger partial charge in [-0.05, 0) is 55.1 Å². The number of amides is 7. The van der Waals surface area contributed by atoms with E-state index in [1.54, 1.807) is 55.1 Å². The second-order valence-corrected chi connectivity index (χ2v) is 18.9. The normalized spacial score (nSPS) is 18.4. The van der Waals surface area contributed by atoms with Crippen molar-refractivity contribution < 1.29 is 57.7 Å². The van der Waals surface area contributed by atoms with Gasteiger partial charge in [0.15, 0.2) is 0 Å². The van der Waals surface area contributed by atoms with Crippen molar-refractivity contribution in [3.05, 3.63) is 42.0 Å². The molecule has 7 amide bonds. The lowest BCUT2D eigenvalue weighted by molar-refractivity contribution is -0.149. The molecule has 1 aromatic carbocycles. The lowest BCUT2D eigenvalue weighted by Crippen LogP contribution is -2.60. The molecular weight excluding hydrogens is 877 g/mol. The average molecular weight is 955 g/mol. The van der Waals surface area contributed by atoms with Crippen LogP contribution in [-0.2, 0) is 54.3 Å². The highest BCUT2D eigenvalue weighted by molar-refractivity contribution is 6.12. The summed E-state index contributed by atoms with van der Waals surface area (Å²) in [6, 6.07) is 2.80. The van der Waals surface area contributed by atoms with E-state index in [2.05, 4.69) is 10.6 Å². The van der Waals surface area contributed by atoms with E-state index in [-0.39, 0.29) is 73.1 Å². The number of unbranched alkanes of at least 4 members (excludes halogenated alkanes) is 2. The van der Waals surface area contributed by atoms with Crippen molar-refractivity contribution in [1.29, 1.82) is 0 Å². The number of carbonyl (C=O) groups excluding carboxylic acids is 7. The van der Waals surface area contributed by atoms with Gasteiger partial charge in [-0.2, -0.15) is 0 Å². The van der Waals surface area contributed by atoms with E-state index in [0.717, 1.165) is 0 Å². The molecule has 9 atom stereocenters. The number of carboxylic acid groups (broad SMARTS) is 1. The lowest BCUT2D eigenvalue weighted by Gasteiger charge is -2.41. The highest BCUT2D eigenvalue weighted by atomic mass is 16.5. The molecule has 0 radical (unpaired) electrons. The van der Waals surface area contributed by atoms with Crippen LogP contribution in [0.25, 0.3) is 0 Å². The fourth-order valence-electron chi connectivity index (χ4n) is 9.50. The Morgan fingerprint density at radius 3 is 2.04 bits per heavy atom. The molecule has 68 heavy (non-hydrogen) atoms. The average Bonchev–Trinajstić information content (AvgIpc) is 3.92. The van der Waals surface area contributed by atoms with Gasteiger partial charge in [-0.15, -0.1) is 0 Å². The number of carboxylic acids is 1. The van der Waals surface area contributed by atoms with Crippen molar-refractivity contribution >= 4 is 47.3 Å². The monoisotopic (exact) mass is 955 g/mol. The molecule has 380 valence electrons. The fourth-order valence-corrected chi connectivity index (χ4v) is 9.50. The predicted octanol–water partition coefficient (Wildman–Crippen LogP) is 3.84. The van der Waals surface area contributed by atoms with Crippen LogP contribution < -0.4 is 15.4 Å². The number of imide groups is 1. The van der Waals surface area contributed by atoms with Crippen molar-refractivity contribution in [3.63, 3.8) is 0 Å². The van der Waals surface area contributed by atoms with Gasteiger partial charge in [-0.25, -0.2) is 4.79 Å². The van der Waals surface area contributed by atoms with Crippen LogP contribution in [0.2, 0.25) is 0 Å². The van der Waals surface area contributed by atoms with E-state index < -0.39 is 66.1 Å². The first kappa shape index (κ1) is 57.0. The van der Waals surface area contributed by atoms with Gasteiger partial charge in [0, 0.05) is 66.4 Å². The summed E-state index contributed by atoms with van der Waals surface area (Å²) in [6.45, 7) is 13.6. The van der Waals surface area contributed by atoms with Crippen LogP contribution in [0.4, 0.5) is 0 Å². The van der Waals surface area contributed by atoms with Crippen molar-refractivity contribution in [2.45, 2.75) is 149 Å². The largest absolute Gasteiger partial charge is 0.496 e. The third-order valence-electron chi connectivity index (χ3n) is 13.6. The molecule has 1 saturated heterocycles. The minimum absolute atomic E-state index is 0.00529. The Morgan fingerprint density at radius 2 is 1.49 bits per heavy atom. The summed E-state index contributed by atoms with van der Waals surface area (Å²) in [5.41, 5.74) is 0.621. The van der Waals surface area contributed by atoms with Crippen molar-refractivity contribution in [1.82, 2.24) is 30.2 Å². The number of para-hydroxylation sites is 1. The molecule has 0 spiro atoms. The molecule has 2 heterocycles. The maximum atomic E-state index is 14.6. The van der Waals surface area contributed by atoms with E-state index in [4.69, 9.17) is 14.2 Å². The molecule has 3 rings (SSSR count). The molecular formula is C50H78N6O12. The highest BCUT2D eigenvalue weighted by Crippen LogP contribution is 2.30. The van der Waals surface area contributed by atoms with E-state index in [9.17, 15) is 43.5 Å². The number of methoxy groups -OCH3 is 3. The van der Waals surface area contributed by atoms with E-state index in [0.29, 0.717) is 56.4 Å². The van der Waals surface area contributed by atoms with Crippen LogP contribution in [0.15, 0.2) is 36.4 Å². The molecule has 18 heteroatoms. The number of hydrogen-bond donors (Lipinski definition) is 3. The van der Waals surface area contributed by atoms with Gasteiger partial charge in [0.1, 0.15) is 23.9 Å². The first-order valence-corrected chi connectivity index (χ1v) is 24.0. The number of aliphatic carboxylic acids is 1. The summed E-state index contributed by atoms with van der Waals surface area (Å²) in [5.74, 6) is -4.90. The minimum atomic E-state index is -1.24. The van der Waals surface area contributed by atoms with Gasteiger partial charge in [0.2, 0.25) is 29.5 Å². The zero-order chi connectivity index (χ0) is 51.0. The Morgan fingerprint density at radius 1 is 0.838 bits per heavy atom. The van der Waals surface area contributed by atoms with Gasteiger partial charge in [-0.3, -0.25) is 38.5 Å². The summed E-state index contributed by atoms with van der Waals surface area (Å²) in [5, 5.41) is 15.7. The quantitative estimate of drug-likeness (QED) is 0.0806. The summed E-state index contributed by atoms with van der Waals surface area (Å²) in [4.78, 5) is 112. The van der Waals surface area contributed by atoms with Crippen LogP contribution in [0.5, 0.6) is 5.75 Å². The molecule has 3 N–H and O–H groups in total. The summed E-state index contributed by atoms with van der Waals surface area (Å²) < 4.78 is 17.3. The molecule has 0 aliphatic carbocycles. The Kier molecular flexibility index (Phi) is 22.6. The third kappa shape index (κ3) is 14.8. The number of ether oxygens (including phenoxy) is 3. The van der Waals surface area contributed by atoms with Crippen LogP contribution in [0.1, 0.15) is 105 Å². The Hall–Kier alpha value is -5.36. The maximum absolute atomic E-state index is 14.6. The number of nitrogens with zero attached hydrogens (tertiary/aromatic N) is 4. The van der Waals surface area contributed by atoms with Gasteiger partial charge >= 0.3 is 5.97 Å².